The monoisotopic (exact) mass is 220 g/mol. The Morgan fingerprint density at radius 3 is 2.56 bits per heavy atom. The van der Waals surface area contributed by atoms with Crippen molar-refractivity contribution in [2.24, 2.45) is 5.92 Å². The van der Waals surface area contributed by atoms with E-state index in [0.29, 0.717) is 5.92 Å². The maximum atomic E-state index is 10.0. The van der Waals surface area contributed by atoms with Crippen molar-refractivity contribution < 1.29 is 5.11 Å². The average molecular weight is 220 g/mol. The molecule has 90 valence electrons. The van der Waals surface area contributed by atoms with Crippen molar-refractivity contribution in [1.82, 2.24) is 0 Å². The van der Waals surface area contributed by atoms with Gasteiger partial charge in [0.2, 0.25) is 0 Å². The average Bonchev–Trinajstić information content (AvgIpc) is 2.21. The van der Waals surface area contributed by atoms with Gasteiger partial charge in [0.1, 0.15) is 0 Å². The third-order valence-electron chi connectivity index (χ3n) is 3.17. The summed E-state index contributed by atoms with van der Waals surface area (Å²) in [5, 5.41) is 10.0. The molecule has 0 saturated carbocycles. The standard InChI is InChI=1S/C15H24O/c1-4-7-12(2)10-15(16)11-14-9-6-5-8-13(14)3/h5-6,8-9,12,15-16H,4,7,10-11H2,1-3H3. The molecule has 0 aliphatic carbocycles. The van der Waals surface area contributed by atoms with E-state index < -0.39 is 0 Å². The van der Waals surface area contributed by atoms with E-state index in [-0.39, 0.29) is 6.10 Å². The zero-order chi connectivity index (χ0) is 12.0. The minimum Gasteiger partial charge on any atom is -0.393 e. The Kier molecular flexibility index (Phi) is 5.54. The maximum absolute atomic E-state index is 10.0. The fourth-order valence-electron chi connectivity index (χ4n) is 2.25. The van der Waals surface area contributed by atoms with Crippen LogP contribution in [0.1, 0.15) is 44.2 Å². The van der Waals surface area contributed by atoms with Gasteiger partial charge in [-0.2, -0.15) is 0 Å². The van der Waals surface area contributed by atoms with Crippen molar-refractivity contribution in [2.45, 2.75) is 52.6 Å². The first-order valence-electron chi connectivity index (χ1n) is 6.36. The van der Waals surface area contributed by atoms with Crippen molar-refractivity contribution in [1.29, 1.82) is 0 Å². The van der Waals surface area contributed by atoms with Gasteiger partial charge in [-0.05, 0) is 36.8 Å². The van der Waals surface area contributed by atoms with Crippen LogP contribution in [0.4, 0.5) is 0 Å². The Labute approximate surface area is 99.5 Å². The lowest BCUT2D eigenvalue weighted by Gasteiger charge is -2.16. The van der Waals surface area contributed by atoms with Crippen LogP contribution in [0.2, 0.25) is 0 Å². The molecule has 16 heavy (non-hydrogen) atoms. The molecule has 1 N–H and O–H groups in total. The fourth-order valence-corrected chi connectivity index (χ4v) is 2.25. The molecule has 2 unspecified atom stereocenters. The Hall–Kier alpha value is -0.820. The summed E-state index contributed by atoms with van der Waals surface area (Å²) >= 11 is 0. The molecule has 1 nitrogen and oxygen atoms in total. The smallest absolute Gasteiger partial charge is 0.0583 e. The van der Waals surface area contributed by atoms with E-state index in [0.717, 1.165) is 12.8 Å². The first-order chi connectivity index (χ1) is 7.63. The summed E-state index contributed by atoms with van der Waals surface area (Å²) < 4.78 is 0. The number of aliphatic hydroxyl groups is 1. The fraction of sp³-hybridized carbons (Fsp3) is 0.600. The molecule has 0 bridgehead atoms. The van der Waals surface area contributed by atoms with Crippen molar-refractivity contribution in [2.75, 3.05) is 0 Å². The summed E-state index contributed by atoms with van der Waals surface area (Å²) in [6.07, 6.45) is 3.94. The van der Waals surface area contributed by atoms with E-state index in [1.165, 1.54) is 24.0 Å². The molecule has 1 heteroatoms. The van der Waals surface area contributed by atoms with Crippen LogP contribution in [0.15, 0.2) is 24.3 Å². The molecule has 1 rings (SSSR count). The zero-order valence-electron chi connectivity index (χ0n) is 10.7. The minimum absolute atomic E-state index is 0.192. The third-order valence-corrected chi connectivity index (χ3v) is 3.17. The lowest BCUT2D eigenvalue weighted by molar-refractivity contribution is 0.143. The molecule has 1 aromatic rings. The van der Waals surface area contributed by atoms with Gasteiger partial charge in [-0.15, -0.1) is 0 Å². The lowest BCUT2D eigenvalue weighted by Crippen LogP contribution is -2.15. The highest BCUT2D eigenvalue weighted by atomic mass is 16.3. The molecule has 2 atom stereocenters. The van der Waals surface area contributed by atoms with E-state index in [4.69, 9.17) is 0 Å². The summed E-state index contributed by atoms with van der Waals surface area (Å²) in [5.41, 5.74) is 2.56. The highest BCUT2D eigenvalue weighted by molar-refractivity contribution is 5.26. The first kappa shape index (κ1) is 13.2. The highest BCUT2D eigenvalue weighted by Gasteiger charge is 2.11. The number of hydrogen-bond donors (Lipinski definition) is 1. The highest BCUT2D eigenvalue weighted by Crippen LogP contribution is 2.17. The van der Waals surface area contributed by atoms with E-state index in [9.17, 15) is 5.11 Å². The molecular formula is C15H24O. The van der Waals surface area contributed by atoms with Gasteiger partial charge in [-0.1, -0.05) is 51.0 Å². The second kappa shape index (κ2) is 6.70. The second-order valence-electron chi connectivity index (χ2n) is 4.91. The number of rotatable bonds is 6. The quantitative estimate of drug-likeness (QED) is 0.774. The van der Waals surface area contributed by atoms with E-state index in [2.05, 4.69) is 32.9 Å². The number of benzene rings is 1. The Bertz CT molecular complexity index is 306. The lowest BCUT2D eigenvalue weighted by atomic mass is 9.94. The van der Waals surface area contributed by atoms with E-state index in [1.54, 1.807) is 0 Å². The SMILES string of the molecule is CCCC(C)CC(O)Cc1ccccc1C. The predicted molar refractivity (Wildman–Crippen MR) is 69.6 cm³/mol. The summed E-state index contributed by atoms with van der Waals surface area (Å²) in [4.78, 5) is 0. The summed E-state index contributed by atoms with van der Waals surface area (Å²) in [5.74, 6) is 0.629. The number of aliphatic hydroxyl groups excluding tert-OH is 1. The molecule has 0 aliphatic heterocycles. The van der Waals surface area contributed by atoms with Crippen LogP contribution in [-0.2, 0) is 6.42 Å². The molecular weight excluding hydrogens is 196 g/mol. The van der Waals surface area contributed by atoms with Gasteiger partial charge in [-0.25, -0.2) is 0 Å². The molecule has 0 amide bonds. The van der Waals surface area contributed by atoms with Crippen LogP contribution in [0.3, 0.4) is 0 Å². The van der Waals surface area contributed by atoms with Gasteiger partial charge in [0, 0.05) is 0 Å². The molecule has 0 spiro atoms. The van der Waals surface area contributed by atoms with Gasteiger partial charge >= 0.3 is 0 Å². The molecule has 0 fully saturated rings. The molecule has 0 saturated heterocycles. The summed E-state index contributed by atoms with van der Waals surface area (Å²) in [7, 11) is 0. The Morgan fingerprint density at radius 1 is 1.25 bits per heavy atom. The third kappa shape index (κ3) is 4.36. The molecule has 0 aliphatic rings. The van der Waals surface area contributed by atoms with E-state index in [1.807, 2.05) is 12.1 Å². The van der Waals surface area contributed by atoms with Crippen molar-refractivity contribution in [3.05, 3.63) is 35.4 Å². The van der Waals surface area contributed by atoms with Gasteiger partial charge in [0.15, 0.2) is 0 Å². The van der Waals surface area contributed by atoms with Crippen molar-refractivity contribution in [3.8, 4) is 0 Å². The zero-order valence-corrected chi connectivity index (χ0v) is 10.7. The largest absolute Gasteiger partial charge is 0.393 e. The van der Waals surface area contributed by atoms with Crippen LogP contribution in [0.5, 0.6) is 0 Å². The topological polar surface area (TPSA) is 20.2 Å². The van der Waals surface area contributed by atoms with Crippen molar-refractivity contribution >= 4 is 0 Å². The predicted octanol–water partition coefficient (Wildman–Crippen LogP) is 3.72. The number of hydrogen-bond acceptors (Lipinski definition) is 1. The maximum Gasteiger partial charge on any atom is 0.0583 e. The normalized spacial score (nSPS) is 14.8. The van der Waals surface area contributed by atoms with Gasteiger partial charge in [0.05, 0.1) is 6.10 Å². The summed E-state index contributed by atoms with van der Waals surface area (Å²) in [6.45, 7) is 6.53. The Balaban J connectivity index is 2.45. The molecule has 1 aromatic carbocycles. The first-order valence-corrected chi connectivity index (χ1v) is 6.36. The number of aryl methyl sites for hydroxylation is 1. The minimum atomic E-state index is -0.192. The van der Waals surface area contributed by atoms with Crippen LogP contribution in [0, 0.1) is 12.8 Å². The molecule has 0 heterocycles. The van der Waals surface area contributed by atoms with E-state index >= 15 is 0 Å². The van der Waals surface area contributed by atoms with Crippen LogP contribution in [-0.4, -0.2) is 11.2 Å². The second-order valence-corrected chi connectivity index (χ2v) is 4.91. The van der Waals surface area contributed by atoms with Gasteiger partial charge < -0.3 is 5.11 Å². The molecule has 0 aromatic heterocycles. The van der Waals surface area contributed by atoms with Gasteiger partial charge in [-0.3, -0.25) is 0 Å². The Morgan fingerprint density at radius 2 is 1.94 bits per heavy atom. The van der Waals surface area contributed by atoms with Crippen LogP contribution in [0.25, 0.3) is 0 Å². The van der Waals surface area contributed by atoms with Crippen molar-refractivity contribution in [3.63, 3.8) is 0 Å². The van der Waals surface area contributed by atoms with Crippen LogP contribution >= 0.6 is 0 Å². The van der Waals surface area contributed by atoms with Crippen LogP contribution < -0.4 is 0 Å². The summed E-state index contributed by atoms with van der Waals surface area (Å²) in [6, 6.07) is 8.32. The molecule has 0 radical (unpaired) electrons. The van der Waals surface area contributed by atoms with Gasteiger partial charge in [0.25, 0.3) is 0 Å².